The van der Waals surface area contributed by atoms with Crippen molar-refractivity contribution in [2.45, 2.75) is 84.0 Å². The smallest absolute Gasteiger partial charge is 0.165 e. The first-order chi connectivity index (χ1) is 10.5. The summed E-state index contributed by atoms with van der Waals surface area (Å²) >= 11 is 0. The molecule has 4 rings (SSSR count). The highest BCUT2D eigenvalue weighted by atomic mass is 16.3. The number of hydrogen-bond donors (Lipinski definition) is 1. The molecule has 0 heterocycles. The quantitative estimate of drug-likeness (QED) is 0.565. The molecule has 122 valence electrons. The molecule has 4 fully saturated rings. The Balaban J connectivity index is 1.36. The van der Waals surface area contributed by atoms with Crippen LogP contribution in [0.1, 0.15) is 84.0 Å². The summed E-state index contributed by atoms with van der Waals surface area (Å²) in [5, 5.41) is 10.5. The molecule has 2 nitrogen and oxygen atoms in total. The molecule has 0 bridgehead atoms. The summed E-state index contributed by atoms with van der Waals surface area (Å²) in [4.78, 5) is 12.6. The lowest BCUT2D eigenvalue weighted by atomic mass is 9.58. The van der Waals surface area contributed by atoms with Gasteiger partial charge in [0.25, 0.3) is 0 Å². The Labute approximate surface area is 134 Å². The number of allylic oxidation sites excluding steroid dienone is 2. The molecule has 0 radical (unpaired) electrons. The molecule has 0 aliphatic heterocycles. The number of carbonyl (C=O) groups excluding carboxylic acids is 1. The van der Waals surface area contributed by atoms with E-state index in [1.165, 1.54) is 51.4 Å². The molecule has 0 aromatic heterocycles. The monoisotopic (exact) mass is 302 g/mol. The summed E-state index contributed by atoms with van der Waals surface area (Å²) in [6.45, 7) is 1.87. The van der Waals surface area contributed by atoms with Gasteiger partial charge in [0, 0.05) is 17.4 Å². The van der Waals surface area contributed by atoms with Crippen LogP contribution in [0.25, 0.3) is 0 Å². The molecule has 4 aliphatic carbocycles. The largest absolute Gasteiger partial charge is 0.512 e. The van der Waals surface area contributed by atoms with Gasteiger partial charge >= 0.3 is 0 Å². The second kappa shape index (κ2) is 5.11. The van der Waals surface area contributed by atoms with E-state index >= 15 is 0 Å². The van der Waals surface area contributed by atoms with Crippen molar-refractivity contribution in [3.05, 3.63) is 11.3 Å². The van der Waals surface area contributed by atoms with Gasteiger partial charge in [-0.15, -0.1) is 0 Å². The molecule has 0 atom stereocenters. The fraction of sp³-hybridized carbons (Fsp3) is 0.850. The Morgan fingerprint density at radius 2 is 1.23 bits per heavy atom. The van der Waals surface area contributed by atoms with Gasteiger partial charge in [0.15, 0.2) is 5.78 Å². The van der Waals surface area contributed by atoms with Gasteiger partial charge in [-0.25, -0.2) is 0 Å². The number of carbonyl (C=O) groups is 1. The minimum Gasteiger partial charge on any atom is -0.512 e. The van der Waals surface area contributed by atoms with Crippen LogP contribution in [0.2, 0.25) is 0 Å². The lowest BCUT2D eigenvalue weighted by Gasteiger charge is -2.46. The van der Waals surface area contributed by atoms with Gasteiger partial charge in [-0.2, -0.15) is 0 Å². The molecule has 0 saturated heterocycles. The van der Waals surface area contributed by atoms with Crippen molar-refractivity contribution < 1.29 is 9.90 Å². The maximum atomic E-state index is 12.6. The van der Waals surface area contributed by atoms with E-state index < -0.39 is 0 Å². The van der Waals surface area contributed by atoms with Crippen LogP contribution >= 0.6 is 0 Å². The number of rotatable bonds is 3. The second-order valence-electron chi connectivity index (χ2n) is 9.00. The van der Waals surface area contributed by atoms with Crippen LogP contribution in [0.5, 0.6) is 0 Å². The van der Waals surface area contributed by atoms with Crippen LogP contribution in [0, 0.1) is 22.7 Å². The molecule has 2 heteroatoms. The van der Waals surface area contributed by atoms with Gasteiger partial charge in [-0.3, -0.25) is 4.79 Å². The third-order valence-corrected chi connectivity index (χ3v) is 7.56. The van der Waals surface area contributed by atoms with Crippen LogP contribution in [0.15, 0.2) is 11.3 Å². The minimum atomic E-state index is 0.209. The van der Waals surface area contributed by atoms with E-state index in [1.54, 1.807) is 0 Å². The van der Waals surface area contributed by atoms with E-state index in [4.69, 9.17) is 0 Å². The predicted molar refractivity (Wildman–Crippen MR) is 87.6 cm³/mol. The zero-order valence-electron chi connectivity index (χ0n) is 14.0. The summed E-state index contributed by atoms with van der Waals surface area (Å²) in [6, 6.07) is 0. The highest BCUT2D eigenvalue weighted by molar-refractivity contribution is 5.97. The molecule has 22 heavy (non-hydrogen) atoms. The Kier molecular flexibility index (Phi) is 3.43. The normalized spacial score (nSPS) is 33.6. The van der Waals surface area contributed by atoms with Crippen LogP contribution < -0.4 is 0 Å². The van der Waals surface area contributed by atoms with Crippen LogP contribution in [0.3, 0.4) is 0 Å². The van der Waals surface area contributed by atoms with Crippen molar-refractivity contribution in [1.29, 1.82) is 0 Å². The fourth-order valence-corrected chi connectivity index (χ4v) is 6.16. The number of hydrogen-bond acceptors (Lipinski definition) is 2. The van der Waals surface area contributed by atoms with E-state index in [2.05, 4.69) is 0 Å². The molecule has 4 aliphatic rings. The number of Topliss-reactive ketones (excluding diaryl/α,β-unsaturated/α-hetero) is 1. The summed E-state index contributed by atoms with van der Waals surface area (Å²) in [6.07, 6.45) is 15.2. The molecular formula is C20H30O2. The van der Waals surface area contributed by atoms with Crippen molar-refractivity contribution >= 4 is 5.78 Å². The third kappa shape index (κ3) is 2.25. The van der Waals surface area contributed by atoms with Gasteiger partial charge in [-0.1, -0.05) is 25.7 Å². The fourth-order valence-electron chi connectivity index (χ4n) is 6.16. The topological polar surface area (TPSA) is 37.3 Å². The minimum absolute atomic E-state index is 0.209. The zero-order valence-corrected chi connectivity index (χ0v) is 14.0. The standard InChI is InChI=1S/C20H30O2/c1-14(17(21)15-10-19(11-15)6-2-3-7-19)18(22)16-12-20(13-16)8-4-5-9-20/h15-16,21H,2-13H2,1H3/b17-14-. The molecular weight excluding hydrogens is 272 g/mol. The molecule has 0 unspecified atom stereocenters. The van der Waals surface area contributed by atoms with Crippen LogP contribution in [-0.2, 0) is 4.79 Å². The summed E-state index contributed by atoms with van der Waals surface area (Å²) in [5.74, 6) is 1.18. The molecule has 2 spiro atoms. The molecule has 0 amide bonds. The highest BCUT2D eigenvalue weighted by Crippen LogP contribution is 2.59. The maximum Gasteiger partial charge on any atom is 0.165 e. The number of aliphatic hydroxyl groups is 1. The predicted octanol–water partition coefficient (Wildman–Crippen LogP) is 5.33. The molecule has 0 aromatic rings. The van der Waals surface area contributed by atoms with Gasteiger partial charge < -0.3 is 5.11 Å². The Hall–Kier alpha value is -0.790. The second-order valence-corrected chi connectivity index (χ2v) is 9.00. The van der Waals surface area contributed by atoms with Crippen LogP contribution in [-0.4, -0.2) is 10.9 Å². The first kappa shape index (κ1) is 14.8. The third-order valence-electron chi connectivity index (χ3n) is 7.56. The van der Waals surface area contributed by atoms with Gasteiger partial charge in [0.05, 0.1) is 0 Å². The summed E-state index contributed by atoms with van der Waals surface area (Å²) in [7, 11) is 0. The van der Waals surface area contributed by atoms with Crippen molar-refractivity contribution in [3.63, 3.8) is 0 Å². The van der Waals surface area contributed by atoms with Gasteiger partial charge in [-0.05, 0) is 69.1 Å². The number of aliphatic hydroxyl groups excluding tert-OH is 1. The Bertz CT molecular complexity index is 488. The Morgan fingerprint density at radius 3 is 1.68 bits per heavy atom. The average molecular weight is 302 g/mol. The zero-order chi connectivity index (χ0) is 15.4. The first-order valence-corrected chi connectivity index (χ1v) is 9.47. The van der Waals surface area contributed by atoms with E-state index in [0.29, 0.717) is 22.2 Å². The molecule has 0 aromatic carbocycles. The Morgan fingerprint density at radius 1 is 0.818 bits per heavy atom. The SMILES string of the molecule is C/C(C(=O)C1CC2(CCCC2)C1)=C(/O)C1CC2(CCCC2)C1. The van der Waals surface area contributed by atoms with Gasteiger partial charge in [0.1, 0.15) is 5.76 Å². The number of ketones is 1. The molecule has 4 saturated carbocycles. The van der Waals surface area contributed by atoms with E-state index in [-0.39, 0.29) is 17.6 Å². The lowest BCUT2D eigenvalue weighted by molar-refractivity contribution is -0.126. The van der Waals surface area contributed by atoms with Gasteiger partial charge in [0.2, 0.25) is 0 Å². The van der Waals surface area contributed by atoms with Crippen molar-refractivity contribution in [3.8, 4) is 0 Å². The molecule has 1 N–H and O–H groups in total. The van der Waals surface area contributed by atoms with Crippen molar-refractivity contribution in [2.24, 2.45) is 22.7 Å². The average Bonchev–Trinajstić information content (AvgIpc) is 3.10. The van der Waals surface area contributed by atoms with E-state index in [9.17, 15) is 9.90 Å². The van der Waals surface area contributed by atoms with Crippen molar-refractivity contribution in [1.82, 2.24) is 0 Å². The van der Waals surface area contributed by atoms with Crippen molar-refractivity contribution in [2.75, 3.05) is 0 Å². The van der Waals surface area contributed by atoms with Crippen LogP contribution in [0.4, 0.5) is 0 Å². The summed E-state index contributed by atoms with van der Waals surface area (Å²) < 4.78 is 0. The van der Waals surface area contributed by atoms with E-state index in [1.807, 2.05) is 6.92 Å². The first-order valence-electron chi connectivity index (χ1n) is 9.47. The highest BCUT2D eigenvalue weighted by Gasteiger charge is 2.50. The lowest BCUT2D eigenvalue weighted by Crippen LogP contribution is -2.40. The summed E-state index contributed by atoms with van der Waals surface area (Å²) in [5.41, 5.74) is 1.74. The maximum absolute atomic E-state index is 12.6. The van der Waals surface area contributed by atoms with E-state index in [0.717, 1.165) is 25.7 Å².